The zero-order valence-corrected chi connectivity index (χ0v) is 14.5. The van der Waals surface area contributed by atoms with Crippen molar-refractivity contribution in [2.75, 3.05) is 23.3 Å². The molecule has 3 nitrogen and oxygen atoms in total. The van der Waals surface area contributed by atoms with E-state index < -0.39 is 0 Å². The number of amides is 1. The first-order valence-electron chi connectivity index (χ1n) is 7.59. The lowest BCUT2D eigenvalue weighted by molar-refractivity contribution is -0.120. The first kappa shape index (κ1) is 15.3. The van der Waals surface area contributed by atoms with Crippen LogP contribution in [0.4, 0.5) is 11.4 Å². The van der Waals surface area contributed by atoms with Crippen molar-refractivity contribution < 1.29 is 4.79 Å². The van der Waals surface area contributed by atoms with Gasteiger partial charge in [-0.3, -0.25) is 4.79 Å². The maximum absolute atomic E-state index is 12.4. The Hall–Kier alpha value is -1.56. The number of carbonyl (C=O) groups is 1. The molecular weight excluding hydrogens is 387 g/mol. The van der Waals surface area contributed by atoms with Crippen molar-refractivity contribution in [1.82, 2.24) is 0 Å². The normalized spacial score (nSPS) is 15.6. The first-order valence-corrected chi connectivity index (χ1v) is 8.67. The molecule has 114 valence electrons. The van der Waals surface area contributed by atoms with Gasteiger partial charge in [0.2, 0.25) is 5.91 Å². The van der Waals surface area contributed by atoms with E-state index in [0.29, 0.717) is 0 Å². The van der Waals surface area contributed by atoms with Crippen molar-refractivity contribution in [2.24, 2.45) is 5.92 Å². The van der Waals surface area contributed by atoms with Crippen molar-refractivity contribution in [3.05, 3.63) is 58.2 Å². The van der Waals surface area contributed by atoms with Gasteiger partial charge in [0.05, 0.1) is 0 Å². The van der Waals surface area contributed by atoms with E-state index >= 15 is 0 Å². The SMILES string of the molecule is O=C(Nc1ccc(I)cc1)C1CCN(c2ccccc2)CC1. The summed E-state index contributed by atoms with van der Waals surface area (Å²) in [7, 11) is 0. The highest BCUT2D eigenvalue weighted by Crippen LogP contribution is 2.24. The summed E-state index contributed by atoms with van der Waals surface area (Å²) in [6, 6.07) is 18.3. The summed E-state index contributed by atoms with van der Waals surface area (Å²) in [6.45, 7) is 1.88. The van der Waals surface area contributed by atoms with Crippen molar-refractivity contribution in [1.29, 1.82) is 0 Å². The fraction of sp³-hybridized carbons (Fsp3) is 0.278. The minimum absolute atomic E-state index is 0.110. The molecule has 1 fully saturated rings. The second-order valence-corrected chi connectivity index (χ2v) is 6.84. The molecule has 1 N–H and O–H groups in total. The molecule has 1 amide bonds. The molecular formula is C18H19IN2O. The largest absolute Gasteiger partial charge is 0.371 e. The molecule has 0 spiro atoms. The number of piperidine rings is 1. The average Bonchev–Trinajstić information content (AvgIpc) is 2.58. The monoisotopic (exact) mass is 406 g/mol. The molecule has 4 heteroatoms. The molecule has 2 aromatic rings. The minimum atomic E-state index is 0.110. The summed E-state index contributed by atoms with van der Waals surface area (Å²) >= 11 is 2.26. The van der Waals surface area contributed by atoms with E-state index in [4.69, 9.17) is 0 Å². The van der Waals surface area contributed by atoms with E-state index in [1.807, 2.05) is 30.3 Å². The van der Waals surface area contributed by atoms with Gasteiger partial charge in [-0.05, 0) is 71.8 Å². The van der Waals surface area contributed by atoms with Crippen molar-refractivity contribution in [3.63, 3.8) is 0 Å². The number of benzene rings is 2. The summed E-state index contributed by atoms with van der Waals surface area (Å²) in [6.07, 6.45) is 1.82. The van der Waals surface area contributed by atoms with Gasteiger partial charge in [0.1, 0.15) is 0 Å². The zero-order valence-electron chi connectivity index (χ0n) is 12.3. The number of carbonyl (C=O) groups excluding carboxylic acids is 1. The lowest BCUT2D eigenvalue weighted by atomic mass is 9.95. The number of nitrogens with zero attached hydrogens (tertiary/aromatic N) is 1. The third kappa shape index (κ3) is 3.80. The Kier molecular flexibility index (Phi) is 4.97. The van der Waals surface area contributed by atoms with Crippen LogP contribution < -0.4 is 10.2 Å². The smallest absolute Gasteiger partial charge is 0.227 e. The number of hydrogen-bond donors (Lipinski definition) is 1. The second kappa shape index (κ2) is 7.13. The second-order valence-electron chi connectivity index (χ2n) is 5.59. The van der Waals surface area contributed by atoms with Gasteiger partial charge in [0.15, 0.2) is 0 Å². The molecule has 0 saturated carbocycles. The zero-order chi connectivity index (χ0) is 15.4. The van der Waals surface area contributed by atoms with Crippen LogP contribution in [0.2, 0.25) is 0 Å². The molecule has 0 bridgehead atoms. The Bertz CT molecular complexity index is 619. The standard InChI is InChI=1S/C18H19IN2O/c19-15-6-8-16(9-7-15)20-18(22)14-10-12-21(13-11-14)17-4-2-1-3-5-17/h1-9,14H,10-13H2,(H,20,22). The lowest BCUT2D eigenvalue weighted by Gasteiger charge is -2.33. The number of rotatable bonds is 3. The number of anilines is 2. The molecule has 22 heavy (non-hydrogen) atoms. The van der Waals surface area contributed by atoms with Gasteiger partial charge in [0, 0.05) is 34.0 Å². The van der Waals surface area contributed by atoms with Gasteiger partial charge < -0.3 is 10.2 Å². The van der Waals surface area contributed by atoms with Gasteiger partial charge in [-0.2, -0.15) is 0 Å². The van der Waals surface area contributed by atoms with Crippen LogP contribution in [0.3, 0.4) is 0 Å². The van der Waals surface area contributed by atoms with E-state index in [-0.39, 0.29) is 11.8 Å². The van der Waals surface area contributed by atoms with Crippen LogP contribution in [-0.4, -0.2) is 19.0 Å². The highest BCUT2D eigenvalue weighted by atomic mass is 127. The van der Waals surface area contributed by atoms with Crippen molar-refractivity contribution in [3.8, 4) is 0 Å². The Labute approximate surface area is 144 Å². The van der Waals surface area contributed by atoms with Crippen molar-refractivity contribution in [2.45, 2.75) is 12.8 Å². The van der Waals surface area contributed by atoms with Gasteiger partial charge in [-0.25, -0.2) is 0 Å². The summed E-state index contributed by atoms with van der Waals surface area (Å²) in [5.41, 5.74) is 2.13. The van der Waals surface area contributed by atoms with E-state index in [9.17, 15) is 4.79 Å². The number of para-hydroxylation sites is 1. The minimum Gasteiger partial charge on any atom is -0.371 e. The predicted molar refractivity (Wildman–Crippen MR) is 99.2 cm³/mol. The van der Waals surface area contributed by atoms with Crippen LogP contribution in [0.15, 0.2) is 54.6 Å². The Morgan fingerprint density at radius 2 is 1.64 bits per heavy atom. The summed E-state index contributed by atoms with van der Waals surface area (Å²) < 4.78 is 1.17. The Morgan fingerprint density at radius 1 is 1.00 bits per heavy atom. The fourth-order valence-corrected chi connectivity index (χ4v) is 3.18. The summed E-state index contributed by atoms with van der Waals surface area (Å²) in [5.74, 6) is 0.258. The topological polar surface area (TPSA) is 32.3 Å². The molecule has 1 aliphatic heterocycles. The van der Waals surface area contributed by atoms with Crippen LogP contribution in [0, 0.1) is 9.49 Å². The molecule has 0 aromatic heterocycles. The van der Waals surface area contributed by atoms with E-state index in [2.05, 4.69) is 57.1 Å². The molecule has 0 unspecified atom stereocenters. The maximum atomic E-state index is 12.4. The first-order chi connectivity index (χ1) is 10.7. The van der Waals surface area contributed by atoms with Crippen LogP contribution in [0.25, 0.3) is 0 Å². The fourth-order valence-electron chi connectivity index (χ4n) is 2.82. The van der Waals surface area contributed by atoms with Gasteiger partial charge in [-0.15, -0.1) is 0 Å². The molecule has 1 aliphatic rings. The molecule has 1 saturated heterocycles. The molecule has 3 rings (SSSR count). The number of halogens is 1. The van der Waals surface area contributed by atoms with E-state index in [0.717, 1.165) is 31.6 Å². The number of nitrogens with one attached hydrogen (secondary N) is 1. The molecule has 1 heterocycles. The average molecular weight is 406 g/mol. The van der Waals surface area contributed by atoms with Crippen LogP contribution >= 0.6 is 22.6 Å². The molecule has 0 atom stereocenters. The highest BCUT2D eigenvalue weighted by molar-refractivity contribution is 14.1. The maximum Gasteiger partial charge on any atom is 0.227 e. The third-order valence-electron chi connectivity index (χ3n) is 4.10. The Morgan fingerprint density at radius 3 is 2.27 bits per heavy atom. The molecule has 0 radical (unpaired) electrons. The lowest BCUT2D eigenvalue weighted by Crippen LogP contribution is -2.38. The van der Waals surface area contributed by atoms with Crippen LogP contribution in [0.5, 0.6) is 0 Å². The summed E-state index contributed by atoms with van der Waals surface area (Å²) in [4.78, 5) is 14.7. The molecule has 0 aliphatic carbocycles. The predicted octanol–water partition coefficient (Wildman–Crippen LogP) is 4.15. The molecule has 2 aromatic carbocycles. The van der Waals surface area contributed by atoms with E-state index in [1.165, 1.54) is 9.26 Å². The number of hydrogen-bond acceptors (Lipinski definition) is 2. The quantitative estimate of drug-likeness (QED) is 0.777. The third-order valence-corrected chi connectivity index (χ3v) is 4.82. The van der Waals surface area contributed by atoms with Crippen LogP contribution in [-0.2, 0) is 4.79 Å². The van der Waals surface area contributed by atoms with E-state index in [1.54, 1.807) is 0 Å². The van der Waals surface area contributed by atoms with Gasteiger partial charge >= 0.3 is 0 Å². The van der Waals surface area contributed by atoms with Crippen molar-refractivity contribution >= 4 is 39.9 Å². The Balaban J connectivity index is 1.54. The highest BCUT2D eigenvalue weighted by Gasteiger charge is 2.25. The van der Waals surface area contributed by atoms with Gasteiger partial charge in [-0.1, -0.05) is 18.2 Å². The van der Waals surface area contributed by atoms with Gasteiger partial charge in [0.25, 0.3) is 0 Å². The van der Waals surface area contributed by atoms with Crippen LogP contribution in [0.1, 0.15) is 12.8 Å². The summed E-state index contributed by atoms with van der Waals surface area (Å²) in [5, 5.41) is 3.03.